The molecule has 3 rings (SSSR count). The van der Waals surface area contributed by atoms with Gasteiger partial charge < -0.3 is 9.73 Å². The zero-order chi connectivity index (χ0) is 14.1. The first-order chi connectivity index (χ1) is 9.65. The van der Waals surface area contributed by atoms with E-state index in [9.17, 15) is 4.79 Å². The minimum atomic E-state index is -0.350. The van der Waals surface area contributed by atoms with E-state index >= 15 is 0 Å². The highest BCUT2D eigenvalue weighted by atomic mass is 35.5. The second-order valence-electron chi connectivity index (χ2n) is 4.29. The van der Waals surface area contributed by atoms with Gasteiger partial charge in [-0.1, -0.05) is 6.07 Å². The van der Waals surface area contributed by atoms with Crippen LogP contribution in [-0.4, -0.2) is 20.5 Å². The van der Waals surface area contributed by atoms with Gasteiger partial charge in [0, 0.05) is 6.20 Å². The molecule has 3 heterocycles. The van der Waals surface area contributed by atoms with Gasteiger partial charge in [-0.2, -0.15) is 0 Å². The van der Waals surface area contributed by atoms with Crippen molar-refractivity contribution in [3.8, 4) is 0 Å². The van der Waals surface area contributed by atoms with E-state index in [1.54, 1.807) is 0 Å². The number of hydrogen-bond donors (Lipinski definition) is 1. The van der Waals surface area contributed by atoms with Gasteiger partial charge in [0.1, 0.15) is 0 Å². The molecular formula is C13H11ClN4O2. The van der Waals surface area contributed by atoms with Gasteiger partial charge in [0.25, 0.3) is 5.91 Å². The average molecular weight is 291 g/mol. The minimum Gasteiger partial charge on any atom is -0.440 e. The Morgan fingerprint density at radius 1 is 1.35 bits per heavy atom. The van der Waals surface area contributed by atoms with Gasteiger partial charge in [-0.25, -0.2) is 0 Å². The van der Waals surface area contributed by atoms with Crippen molar-refractivity contribution in [3.63, 3.8) is 0 Å². The van der Waals surface area contributed by atoms with Gasteiger partial charge in [0.15, 0.2) is 22.5 Å². The predicted molar refractivity (Wildman–Crippen MR) is 72.6 cm³/mol. The van der Waals surface area contributed by atoms with Crippen LogP contribution in [0.15, 0.2) is 40.9 Å². The third-order valence-corrected chi connectivity index (χ3v) is 3.08. The minimum absolute atomic E-state index is 0.163. The fraction of sp³-hybridized carbons (Fsp3) is 0.154. The lowest BCUT2D eigenvalue weighted by Gasteiger charge is -2.10. The number of pyridine rings is 1. The second kappa shape index (κ2) is 4.97. The van der Waals surface area contributed by atoms with Gasteiger partial charge in [-0.15, -0.1) is 10.2 Å². The van der Waals surface area contributed by atoms with Crippen molar-refractivity contribution in [2.24, 2.45) is 0 Å². The Labute approximate surface area is 119 Å². The molecule has 1 unspecified atom stereocenters. The molecule has 0 aliphatic carbocycles. The second-order valence-corrected chi connectivity index (χ2v) is 4.66. The maximum atomic E-state index is 12.0. The van der Waals surface area contributed by atoms with Crippen LogP contribution in [0.2, 0.25) is 5.22 Å². The molecule has 0 aliphatic rings. The molecule has 3 aromatic heterocycles. The van der Waals surface area contributed by atoms with Crippen LogP contribution in [-0.2, 0) is 0 Å². The fourth-order valence-corrected chi connectivity index (χ4v) is 2.07. The van der Waals surface area contributed by atoms with Crippen LogP contribution in [0.25, 0.3) is 5.65 Å². The first-order valence-corrected chi connectivity index (χ1v) is 6.39. The maximum Gasteiger partial charge on any atom is 0.287 e. The number of nitrogens with zero attached hydrogens (tertiary/aromatic N) is 3. The number of fused-ring (bicyclic) bond motifs is 1. The summed E-state index contributed by atoms with van der Waals surface area (Å²) in [5.74, 6) is 0.458. The Hall–Kier alpha value is -2.34. The normalized spacial score (nSPS) is 12.5. The number of furan rings is 1. The fourth-order valence-electron chi connectivity index (χ4n) is 1.92. The number of carbonyl (C=O) groups excluding carboxylic acids is 1. The van der Waals surface area contributed by atoms with Crippen LogP contribution in [0.3, 0.4) is 0 Å². The van der Waals surface area contributed by atoms with E-state index in [1.807, 2.05) is 35.7 Å². The van der Waals surface area contributed by atoms with Crippen LogP contribution in [0, 0.1) is 0 Å². The van der Waals surface area contributed by atoms with Crippen molar-refractivity contribution in [2.75, 3.05) is 0 Å². The molecule has 1 N–H and O–H groups in total. The van der Waals surface area contributed by atoms with Crippen LogP contribution in [0.4, 0.5) is 0 Å². The summed E-state index contributed by atoms with van der Waals surface area (Å²) in [6, 6.07) is 8.32. The molecule has 1 amide bonds. The highest BCUT2D eigenvalue weighted by molar-refractivity contribution is 6.29. The van der Waals surface area contributed by atoms with Crippen molar-refractivity contribution < 1.29 is 9.21 Å². The summed E-state index contributed by atoms with van der Waals surface area (Å²) in [5.41, 5.74) is 0.727. The average Bonchev–Trinajstić information content (AvgIpc) is 3.04. The van der Waals surface area contributed by atoms with Gasteiger partial charge in [-0.05, 0) is 42.8 Å². The van der Waals surface area contributed by atoms with Crippen LogP contribution in [0.5, 0.6) is 0 Å². The highest BCUT2D eigenvalue weighted by Crippen LogP contribution is 2.16. The summed E-state index contributed by atoms with van der Waals surface area (Å²) >= 11 is 5.65. The van der Waals surface area contributed by atoms with Crippen molar-refractivity contribution in [2.45, 2.75) is 13.0 Å². The number of hydrogen-bond acceptors (Lipinski definition) is 4. The topological polar surface area (TPSA) is 72.4 Å². The summed E-state index contributed by atoms with van der Waals surface area (Å²) in [5, 5.41) is 11.1. The van der Waals surface area contributed by atoms with Crippen molar-refractivity contribution in [1.82, 2.24) is 19.9 Å². The van der Waals surface area contributed by atoms with E-state index in [4.69, 9.17) is 16.0 Å². The van der Waals surface area contributed by atoms with Crippen molar-refractivity contribution in [3.05, 3.63) is 53.3 Å². The smallest absolute Gasteiger partial charge is 0.287 e. The van der Waals surface area contributed by atoms with Crippen LogP contribution in [0.1, 0.15) is 29.3 Å². The molecule has 0 saturated carbocycles. The first kappa shape index (κ1) is 12.7. The molecule has 0 spiro atoms. The molecule has 0 aromatic carbocycles. The molecule has 20 heavy (non-hydrogen) atoms. The highest BCUT2D eigenvalue weighted by Gasteiger charge is 2.18. The first-order valence-electron chi connectivity index (χ1n) is 6.01. The lowest BCUT2D eigenvalue weighted by Crippen LogP contribution is -2.27. The molecule has 0 radical (unpaired) electrons. The molecule has 6 nitrogen and oxygen atoms in total. The monoisotopic (exact) mass is 290 g/mol. The number of carbonyl (C=O) groups is 1. The number of aromatic nitrogens is 3. The van der Waals surface area contributed by atoms with E-state index in [1.165, 1.54) is 12.1 Å². The molecule has 0 aliphatic heterocycles. The molecule has 7 heteroatoms. The summed E-state index contributed by atoms with van der Waals surface area (Å²) in [6.45, 7) is 1.83. The number of nitrogens with one attached hydrogen (secondary N) is 1. The predicted octanol–water partition coefficient (Wildman–Crippen LogP) is 2.47. The zero-order valence-corrected chi connectivity index (χ0v) is 11.3. The van der Waals surface area contributed by atoms with E-state index < -0.39 is 0 Å². The Kier molecular flexibility index (Phi) is 3.15. The summed E-state index contributed by atoms with van der Waals surface area (Å²) < 4.78 is 6.88. The number of halogens is 1. The number of rotatable bonds is 3. The Bertz CT molecular complexity index is 764. The van der Waals surface area contributed by atoms with Crippen molar-refractivity contribution in [1.29, 1.82) is 0 Å². The molecule has 1 atom stereocenters. The summed E-state index contributed by atoms with van der Waals surface area (Å²) in [7, 11) is 0. The Morgan fingerprint density at radius 2 is 2.20 bits per heavy atom. The molecule has 0 fully saturated rings. The SMILES string of the molecule is CC(NC(=O)c1ccc(Cl)o1)c1nnc2ccccn12. The lowest BCUT2D eigenvalue weighted by atomic mass is 10.3. The van der Waals surface area contributed by atoms with Gasteiger partial charge in [0.05, 0.1) is 6.04 Å². The molecular weight excluding hydrogens is 280 g/mol. The lowest BCUT2D eigenvalue weighted by molar-refractivity contribution is 0.0910. The third kappa shape index (κ3) is 2.25. The van der Waals surface area contributed by atoms with Gasteiger partial charge in [0.2, 0.25) is 0 Å². The molecule has 0 saturated heterocycles. The largest absolute Gasteiger partial charge is 0.440 e. The standard InChI is InChI=1S/C13H11ClN4O2/c1-8(15-13(19)9-5-6-10(14)20-9)12-17-16-11-4-2-3-7-18(11)12/h2-8H,1H3,(H,15,19). The van der Waals surface area contributed by atoms with E-state index in [-0.39, 0.29) is 22.9 Å². The Morgan fingerprint density at radius 3 is 2.95 bits per heavy atom. The van der Waals surface area contributed by atoms with E-state index in [2.05, 4.69) is 15.5 Å². The van der Waals surface area contributed by atoms with Crippen LogP contribution < -0.4 is 5.32 Å². The van der Waals surface area contributed by atoms with E-state index in [0.29, 0.717) is 5.82 Å². The molecule has 102 valence electrons. The molecule has 0 bridgehead atoms. The molecule has 3 aromatic rings. The summed E-state index contributed by atoms with van der Waals surface area (Å²) in [6.07, 6.45) is 1.84. The van der Waals surface area contributed by atoms with Gasteiger partial charge >= 0.3 is 0 Å². The Balaban J connectivity index is 1.82. The van der Waals surface area contributed by atoms with Gasteiger partial charge in [-0.3, -0.25) is 9.20 Å². The maximum absolute atomic E-state index is 12.0. The third-order valence-electron chi connectivity index (χ3n) is 2.87. The van der Waals surface area contributed by atoms with E-state index in [0.717, 1.165) is 5.65 Å². The zero-order valence-electron chi connectivity index (χ0n) is 10.6. The quantitative estimate of drug-likeness (QED) is 0.804. The summed E-state index contributed by atoms with van der Waals surface area (Å²) in [4.78, 5) is 12.0. The van der Waals surface area contributed by atoms with Crippen LogP contribution >= 0.6 is 11.6 Å². The number of amides is 1. The van der Waals surface area contributed by atoms with Crippen molar-refractivity contribution >= 4 is 23.2 Å².